The van der Waals surface area contributed by atoms with Crippen LogP contribution in [0.15, 0.2) is 18.2 Å². The average Bonchev–Trinajstić information content (AvgIpc) is 3.35. The van der Waals surface area contributed by atoms with Crippen molar-refractivity contribution < 1.29 is 14.3 Å². The third kappa shape index (κ3) is 3.19. The van der Waals surface area contributed by atoms with E-state index in [2.05, 4.69) is 0 Å². The molecule has 0 radical (unpaired) electrons. The van der Waals surface area contributed by atoms with Gasteiger partial charge in [0, 0.05) is 12.6 Å². The van der Waals surface area contributed by atoms with Crippen molar-refractivity contribution in [1.29, 1.82) is 0 Å². The number of amides is 1. The molecule has 3 rings (SSSR count). The van der Waals surface area contributed by atoms with Crippen LogP contribution < -0.4 is 15.2 Å². The maximum atomic E-state index is 12.6. The average molecular weight is 304 g/mol. The van der Waals surface area contributed by atoms with Crippen molar-refractivity contribution in [3.8, 4) is 11.5 Å². The first kappa shape index (κ1) is 15.2. The predicted molar refractivity (Wildman–Crippen MR) is 83.8 cm³/mol. The largest absolute Gasteiger partial charge is 0.486 e. The normalized spacial score (nSPS) is 18.2. The van der Waals surface area contributed by atoms with Crippen LogP contribution >= 0.6 is 0 Å². The molecule has 0 spiro atoms. The molecular weight excluding hydrogens is 280 g/mol. The molecule has 0 aromatic heterocycles. The molecule has 1 saturated carbocycles. The van der Waals surface area contributed by atoms with Crippen molar-refractivity contribution in [2.24, 2.45) is 11.7 Å². The van der Waals surface area contributed by atoms with Crippen LogP contribution in [0.25, 0.3) is 0 Å². The summed E-state index contributed by atoms with van der Waals surface area (Å²) < 4.78 is 11.1. The van der Waals surface area contributed by atoms with Crippen LogP contribution in [0.5, 0.6) is 11.5 Å². The Kier molecular flexibility index (Phi) is 4.25. The van der Waals surface area contributed by atoms with E-state index in [4.69, 9.17) is 15.2 Å². The second kappa shape index (κ2) is 6.16. The maximum Gasteiger partial charge on any atom is 0.240 e. The molecule has 5 heteroatoms. The van der Waals surface area contributed by atoms with E-state index in [0.717, 1.165) is 29.9 Å². The molecule has 1 aliphatic carbocycles. The summed E-state index contributed by atoms with van der Waals surface area (Å²) in [6.07, 6.45) is 2.14. The summed E-state index contributed by atoms with van der Waals surface area (Å²) >= 11 is 0. The molecule has 1 amide bonds. The number of nitrogens with zero attached hydrogens (tertiary/aromatic N) is 1. The molecule has 1 heterocycles. The number of nitrogens with two attached hydrogens (primary N) is 1. The molecule has 2 aliphatic rings. The summed E-state index contributed by atoms with van der Waals surface area (Å²) in [6, 6.07) is 5.79. The number of carbonyl (C=O) groups excluding carboxylic acids is 1. The van der Waals surface area contributed by atoms with Gasteiger partial charge in [0.1, 0.15) is 13.2 Å². The molecule has 1 fully saturated rings. The third-order valence-corrected chi connectivity index (χ3v) is 4.23. The first-order valence-electron chi connectivity index (χ1n) is 8.01. The van der Waals surface area contributed by atoms with Crippen molar-refractivity contribution in [1.82, 2.24) is 4.90 Å². The van der Waals surface area contributed by atoms with E-state index in [1.807, 2.05) is 36.9 Å². The van der Waals surface area contributed by atoms with Gasteiger partial charge in [0.25, 0.3) is 0 Å². The van der Waals surface area contributed by atoms with E-state index in [-0.39, 0.29) is 11.8 Å². The number of hydrogen-bond acceptors (Lipinski definition) is 4. The summed E-state index contributed by atoms with van der Waals surface area (Å²) in [6.45, 7) is 5.71. The number of carbonyl (C=O) groups is 1. The van der Waals surface area contributed by atoms with Crippen LogP contribution in [0, 0.1) is 5.92 Å². The lowest BCUT2D eigenvalue weighted by atomic mass is 10.0. The molecule has 1 atom stereocenters. The van der Waals surface area contributed by atoms with Gasteiger partial charge in [-0.25, -0.2) is 0 Å². The smallest absolute Gasteiger partial charge is 0.240 e. The molecule has 120 valence electrons. The van der Waals surface area contributed by atoms with E-state index < -0.39 is 6.04 Å². The van der Waals surface area contributed by atoms with Gasteiger partial charge in [0.05, 0.1) is 6.04 Å². The Morgan fingerprint density at radius 3 is 2.59 bits per heavy atom. The van der Waals surface area contributed by atoms with Gasteiger partial charge >= 0.3 is 0 Å². The van der Waals surface area contributed by atoms with E-state index >= 15 is 0 Å². The topological polar surface area (TPSA) is 64.8 Å². The van der Waals surface area contributed by atoms with Crippen LogP contribution in [-0.4, -0.2) is 36.1 Å². The number of ether oxygens (including phenoxy) is 2. The Morgan fingerprint density at radius 2 is 1.95 bits per heavy atom. The van der Waals surface area contributed by atoms with Crippen molar-refractivity contribution >= 4 is 5.91 Å². The third-order valence-electron chi connectivity index (χ3n) is 4.23. The minimum Gasteiger partial charge on any atom is -0.486 e. The number of fused-ring (bicyclic) bond motifs is 1. The fraction of sp³-hybridized carbons (Fsp3) is 0.588. The summed E-state index contributed by atoms with van der Waals surface area (Å²) in [7, 11) is 0. The van der Waals surface area contributed by atoms with E-state index in [9.17, 15) is 4.79 Å². The SMILES string of the molecule is CC(C)C(N)C(=O)N(Cc1ccc2c(c1)OCCO2)C1CC1. The minimum absolute atomic E-state index is 0.0485. The van der Waals surface area contributed by atoms with Gasteiger partial charge < -0.3 is 20.1 Å². The molecule has 1 aliphatic heterocycles. The second-order valence-corrected chi connectivity index (χ2v) is 6.45. The van der Waals surface area contributed by atoms with E-state index in [1.54, 1.807) is 0 Å². The molecule has 1 unspecified atom stereocenters. The molecule has 1 aromatic carbocycles. The first-order valence-corrected chi connectivity index (χ1v) is 8.01. The van der Waals surface area contributed by atoms with Crippen molar-refractivity contribution in [2.45, 2.75) is 45.3 Å². The highest BCUT2D eigenvalue weighted by Gasteiger charge is 2.35. The zero-order chi connectivity index (χ0) is 15.7. The molecule has 1 aromatic rings. The number of hydrogen-bond donors (Lipinski definition) is 1. The van der Waals surface area contributed by atoms with Crippen LogP contribution in [-0.2, 0) is 11.3 Å². The lowest BCUT2D eigenvalue weighted by Gasteiger charge is -2.28. The van der Waals surface area contributed by atoms with Crippen LogP contribution in [0.1, 0.15) is 32.3 Å². The Morgan fingerprint density at radius 1 is 1.27 bits per heavy atom. The van der Waals surface area contributed by atoms with E-state index in [1.165, 1.54) is 0 Å². The fourth-order valence-electron chi connectivity index (χ4n) is 2.63. The highest BCUT2D eigenvalue weighted by Crippen LogP contribution is 2.33. The van der Waals surface area contributed by atoms with Gasteiger partial charge in [-0.1, -0.05) is 19.9 Å². The number of rotatable bonds is 5. The molecular formula is C17H24N2O3. The van der Waals surface area contributed by atoms with Crippen LogP contribution in [0.2, 0.25) is 0 Å². The zero-order valence-electron chi connectivity index (χ0n) is 13.2. The van der Waals surface area contributed by atoms with Gasteiger partial charge in [-0.15, -0.1) is 0 Å². The lowest BCUT2D eigenvalue weighted by Crippen LogP contribution is -2.47. The quantitative estimate of drug-likeness (QED) is 0.903. The van der Waals surface area contributed by atoms with Gasteiger partial charge in [0.2, 0.25) is 5.91 Å². The Hall–Kier alpha value is -1.75. The van der Waals surface area contributed by atoms with Crippen molar-refractivity contribution in [3.05, 3.63) is 23.8 Å². The summed E-state index contributed by atoms with van der Waals surface area (Å²) in [5, 5.41) is 0. The predicted octanol–water partition coefficient (Wildman–Crippen LogP) is 1.93. The monoisotopic (exact) mass is 304 g/mol. The second-order valence-electron chi connectivity index (χ2n) is 6.45. The molecule has 0 bridgehead atoms. The standard InChI is InChI=1S/C17H24N2O3/c1-11(2)16(18)17(20)19(13-4-5-13)10-12-3-6-14-15(9-12)22-8-7-21-14/h3,6,9,11,13,16H,4-5,7-8,10,18H2,1-2H3. The molecule has 5 nitrogen and oxygen atoms in total. The summed E-state index contributed by atoms with van der Waals surface area (Å²) in [5.74, 6) is 1.74. The zero-order valence-corrected chi connectivity index (χ0v) is 13.2. The highest BCUT2D eigenvalue weighted by molar-refractivity contribution is 5.82. The fourth-order valence-corrected chi connectivity index (χ4v) is 2.63. The van der Waals surface area contributed by atoms with Crippen molar-refractivity contribution in [3.63, 3.8) is 0 Å². The maximum absolute atomic E-state index is 12.6. The van der Waals surface area contributed by atoms with E-state index in [0.29, 0.717) is 25.8 Å². The first-order chi connectivity index (χ1) is 10.6. The molecule has 0 saturated heterocycles. The summed E-state index contributed by atoms with van der Waals surface area (Å²) in [4.78, 5) is 14.5. The minimum atomic E-state index is -0.433. The van der Waals surface area contributed by atoms with Gasteiger partial charge in [-0.2, -0.15) is 0 Å². The molecule has 2 N–H and O–H groups in total. The van der Waals surface area contributed by atoms with Gasteiger partial charge in [-0.05, 0) is 36.5 Å². The number of benzene rings is 1. The molecule has 22 heavy (non-hydrogen) atoms. The van der Waals surface area contributed by atoms with Gasteiger partial charge in [-0.3, -0.25) is 4.79 Å². The Bertz CT molecular complexity index is 555. The van der Waals surface area contributed by atoms with Crippen molar-refractivity contribution in [2.75, 3.05) is 13.2 Å². The summed E-state index contributed by atoms with van der Waals surface area (Å²) in [5.41, 5.74) is 7.11. The highest BCUT2D eigenvalue weighted by atomic mass is 16.6. The van der Waals surface area contributed by atoms with Crippen LogP contribution in [0.4, 0.5) is 0 Å². The van der Waals surface area contributed by atoms with Gasteiger partial charge in [0.15, 0.2) is 11.5 Å². The Balaban J connectivity index is 1.75. The van der Waals surface area contributed by atoms with Crippen LogP contribution in [0.3, 0.4) is 0 Å². The lowest BCUT2D eigenvalue weighted by molar-refractivity contribution is -0.134. The Labute approximate surface area is 131 Å².